The van der Waals surface area contributed by atoms with Crippen LogP contribution >= 0.6 is 0 Å². The van der Waals surface area contributed by atoms with Crippen LogP contribution in [0.15, 0.2) is 34.9 Å². The van der Waals surface area contributed by atoms with Crippen molar-refractivity contribution in [2.45, 2.75) is 31.5 Å². The quantitative estimate of drug-likeness (QED) is 0.796. The van der Waals surface area contributed by atoms with Crippen LogP contribution in [-0.4, -0.2) is 0 Å². The third-order valence-electron chi connectivity index (χ3n) is 3.68. The summed E-state index contributed by atoms with van der Waals surface area (Å²) in [6.45, 7) is 0. The van der Waals surface area contributed by atoms with Gasteiger partial charge < -0.3 is 9.73 Å². The van der Waals surface area contributed by atoms with E-state index in [9.17, 15) is 17.6 Å². The van der Waals surface area contributed by atoms with Crippen molar-refractivity contribution in [1.29, 1.82) is 0 Å². The second kappa shape index (κ2) is 5.09. The monoisotopic (exact) mass is 299 g/mol. The summed E-state index contributed by atoms with van der Waals surface area (Å²) in [5.74, 6) is 0.116. The van der Waals surface area contributed by atoms with Gasteiger partial charge in [-0.2, -0.15) is 13.2 Å². The second-order valence-electron chi connectivity index (χ2n) is 5.08. The molecule has 1 heterocycles. The first kappa shape index (κ1) is 14.0. The summed E-state index contributed by atoms with van der Waals surface area (Å²) in [5, 5.41) is 2.87. The predicted molar refractivity (Wildman–Crippen MR) is 69.4 cm³/mol. The highest BCUT2D eigenvalue weighted by Crippen LogP contribution is 2.36. The van der Waals surface area contributed by atoms with Crippen LogP contribution < -0.4 is 5.32 Å². The molecular weight excluding hydrogens is 286 g/mol. The smallest absolute Gasteiger partial charge is 0.416 e. The molecule has 0 bridgehead atoms. The maximum atomic E-state index is 13.8. The van der Waals surface area contributed by atoms with Crippen molar-refractivity contribution in [3.05, 3.63) is 53.2 Å². The Kier molecular flexibility index (Phi) is 3.39. The number of anilines is 1. The first-order valence-corrected chi connectivity index (χ1v) is 6.64. The van der Waals surface area contributed by atoms with Gasteiger partial charge >= 0.3 is 6.18 Å². The van der Waals surface area contributed by atoms with Crippen molar-refractivity contribution in [2.75, 3.05) is 5.32 Å². The van der Waals surface area contributed by atoms with Gasteiger partial charge in [-0.3, -0.25) is 0 Å². The summed E-state index contributed by atoms with van der Waals surface area (Å²) in [5.41, 5.74) is -0.114. The van der Waals surface area contributed by atoms with Crippen molar-refractivity contribution in [3.63, 3.8) is 0 Å². The van der Waals surface area contributed by atoms with E-state index >= 15 is 0 Å². The third kappa shape index (κ3) is 2.75. The van der Waals surface area contributed by atoms with Crippen molar-refractivity contribution in [3.8, 4) is 0 Å². The molecule has 1 atom stereocenters. The van der Waals surface area contributed by atoms with Crippen LogP contribution in [0.2, 0.25) is 0 Å². The first-order valence-electron chi connectivity index (χ1n) is 6.64. The number of benzene rings is 1. The Labute approximate surface area is 118 Å². The Balaban J connectivity index is 1.89. The van der Waals surface area contributed by atoms with Crippen LogP contribution in [0.1, 0.15) is 35.8 Å². The van der Waals surface area contributed by atoms with Gasteiger partial charge in [0, 0.05) is 12.0 Å². The molecule has 1 unspecified atom stereocenters. The summed E-state index contributed by atoms with van der Waals surface area (Å²) in [4.78, 5) is 0. The summed E-state index contributed by atoms with van der Waals surface area (Å²) >= 11 is 0. The van der Waals surface area contributed by atoms with E-state index in [2.05, 4.69) is 5.32 Å². The molecule has 1 aliphatic carbocycles. The number of hydrogen-bond acceptors (Lipinski definition) is 2. The molecule has 1 aliphatic rings. The zero-order valence-corrected chi connectivity index (χ0v) is 11.0. The van der Waals surface area contributed by atoms with Crippen molar-refractivity contribution in [1.82, 2.24) is 0 Å². The van der Waals surface area contributed by atoms with E-state index in [-0.39, 0.29) is 11.7 Å². The number of furan rings is 1. The topological polar surface area (TPSA) is 25.2 Å². The molecule has 0 fully saturated rings. The SMILES string of the molecule is Fc1ccc(C(F)(F)F)cc1NC1CCCc2occc21. The molecule has 0 spiro atoms. The molecule has 0 amide bonds. The molecule has 1 N–H and O–H groups in total. The van der Waals surface area contributed by atoms with Gasteiger partial charge in [0.1, 0.15) is 11.6 Å². The Hall–Kier alpha value is -1.98. The zero-order chi connectivity index (χ0) is 15.0. The number of fused-ring (bicyclic) bond motifs is 1. The van der Waals surface area contributed by atoms with Crippen molar-refractivity contribution >= 4 is 5.69 Å². The fraction of sp³-hybridized carbons (Fsp3) is 0.333. The lowest BCUT2D eigenvalue weighted by Gasteiger charge is -2.24. The summed E-state index contributed by atoms with van der Waals surface area (Å²) in [6.07, 6.45) is -0.572. The van der Waals surface area contributed by atoms with Crippen LogP contribution in [0, 0.1) is 5.82 Å². The largest absolute Gasteiger partial charge is 0.469 e. The normalized spacial score (nSPS) is 18.4. The van der Waals surface area contributed by atoms with Gasteiger partial charge in [-0.1, -0.05) is 0 Å². The molecule has 3 rings (SSSR count). The second-order valence-corrected chi connectivity index (χ2v) is 5.08. The molecule has 2 nitrogen and oxygen atoms in total. The summed E-state index contributed by atoms with van der Waals surface area (Å²) in [6, 6.07) is 3.93. The van der Waals surface area contributed by atoms with E-state index in [1.54, 1.807) is 12.3 Å². The van der Waals surface area contributed by atoms with E-state index in [0.717, 1.165) is 48.8 Å². The van der Waals surface area contributed by atoms with Crippen LogP contribution in [0.5, 0.6) is 0 Å². The lowest BCUT2D eigenvalue weighted by Crippen LogP contribution is -2.17. The molecule has 1 aromatic heterocycles. The number of nitrogens with one attached hydrogen (secondary N) is 1. The van der Waals surface area contributed by atoms with Gasteiger partial charge in [0.15, 0.2) is 0 Å². The number of rotatable bonds is 2. The van der Waals surface area contributed by atoms with E-state index < -0.39 is 17.6 Å². The Morgan fingerprint density at radius 3 is 2.76 bits per heavy atom. The highest BCUT2D eigenvalue weighted by atomic mass is 19.4. The fourth-order valence-corrected chi connectivity index (χ4v) is 2.64. The molecule has 0 saturated carbocycles. The number of alkyl halides is 3. The van der Waals surface area contributed by atoms with Crippen molar-refractivity contribution < 1.29 is 22.0 Å². The van der Waals surface area contributed by atoms with E-state index in [1.165, 1.54) is 0 Å². The average Bonchev–Trinajstić information content (AvgIpc) is 2.89. The van der Waals surface area contributed by atoms with Crippen molar-refractivity contribution in [2.24, 2.45) is 0 Å². The van der Waals surface area contributed by atoms with Gasteiger partial charge in [-0.25, -0.2) is 4.39 Å². The highest BCUT2D eigenvalue weighted by molar-refractivity contribution is 5.50. The molecule has 2 aromatic rings. The fourth-order valence-electron chi connectivity index (χ4n) is 2.64. The van der Waals surface area contributed by atoms with E-state index in [4.69, 9.17) is 4.42 Å². The minimum atomic E-state index is -4.49. The highest BCUT2D eigenvalue weighted by Gasteiger charge is 2.31. The maximum absolute atomic E-state index is 13.8. The van der Waals surface area contributed by atoms with Gasteiger partial charge in [0.2, 0.25) is 0 Å². The van der Waals surface area contributed by atoms with Gasteiger partial charge in [-0.15, -0.1) is 0 Å². The molecule has 21 heavy (non-hydrogen) atoms. The average molecular weight is 299 g/mol. The lowest BCUT2D eigenvalue weighted by molar-refractivity contribution is -0.137. The minimum absolute atomic E-state index is 0.135. The standard InChI is InChI=1S/C15H13F4NO/c16-11-5-4-9(15(17,18)19)8-13(11)20-12-2-1-3-14-10(12)6-7-21-14/h4-8,12,20H,1-3H2. The van der Waals surface area contributed by atoms with E-state index in [0.29, 0.717) is 0 Å². The van der Waals surface area contributed by atoms with Gasteiger partial charge in [-0.05, 0) is 37.1 Å². The summed E-state index contributed by atoms with van der Waals surface area (Å²) < 4.78 is 57.2. The molecule has 1 aromatic carbocycles. The number of aryl methyl sites for hydroxylation is 1. The first-order chi connectivity index (χ1) is 9.95. The lowest BCUT2D eigenvalue weighted by atomic mass is 9.93. The predicted octanol–water partition coefficient (Wildman–Crippen LogP) is 4.93. The maximum Gasteiger partial charge on any atom is 0.416 e. The zero-order valence-electron chi connectivity index (χ0n) is 11.0. The Morgan fingerprint density at radius 2 is 2.00 bits per heavy atom. The Morgan fingerprint density at radius 1 is 1.19 bits per heavy atom. The van der Waals surface area contributed by atoms with Crippen LogP contribution in [0.25, 0.3) is 0 Å². The third-order valence-corrected chi connectivity index (χ3v) is 3.68. The van der Waals surface area contributed by atoms with E-state index in [1.807, 2.05) is 0 Å². The molecule has 0 saturated heterocycles. The number of halogens is 4. The van der Waals surface area contributed by atoms with Crippen LogP contribution in [0.4, 0.5) is 23.2 Å². The molecule has 0 aliphatic heterocycles. The molecule has 112 valence electrons. The van der Waals surface area contributed by atoms with Crippen LogP contribution in [0.3, 0.4) is 0 Å². The molecule has 6 heteroatoms. The number of hydrogen-bond donors (Lipinski definition) is 1. The van der Waals surface area contributed by atoms with Gasteiger partial charge in [0.25, 0.3) is 0 Å². The minimum Gasteiger partial charge on any atom is -0.469 e. The molecule has 0 radical (unpaired) electrons. The van der Waals surface area contributed by atoms with Gasteiger partial charge in [0.05, 0.1) is 23.6 Å². The molecular formula is C15H13F4NO. The van der Waals surface area contributed by atoms with Crippen LogP contribution in [-0.2, 0) is 12.6 Å². The Bertz CT molecular complexity index is 647. The summed E-state index contributed by atoms with van der Waals surface area (Å²) in [7, 11) is 0.